The maximum absolute atomic E-state index is 4.96. The zero-order chi connectivity index (χ0) is 15.7. The molecule has 1 aliphatic rings. The molecule has 1 N–H and O–H groups in total. The first-order chi connectivity index (χ1) is 10.6. The van der Waals surface area contributed by atoms with Gasteiger partial charge in [-0.05, 0) is 42.3 Å². The summed E-state index contributed by atoms with van der Waals surface area (Å²) in [6, 6.07) is 7.26. The van der Waals surface area contributed by atoms with E-state index >= 15 is 0 Å². The van der Waals surface area contributed by atoms with Crippen molar-refractivity contribution in [1.82, 2.24) is 15.2 Å². The molecule has 3 nitrogen and oxygen atoms in total. The molecule has 0 bridgehead atoms. The predicted molar refractivity (Wildman–Crippen MR) is 93.1 cm³/mol. The zero-order valence-electron chi connectivity index (χ0n) is 14.2. The van der Waals surface area contributed by atoms with Crippen LogP contribution in [-0.2, 0) is 25.9 Å². The van der Waals surface area contributed by atoms with Crippen molar-refractivity contribution in [3.63, 3.8) is 0 Å². The molecule has 1 aromatic carbocycles. The molecule has 0 saturated heterocycles. The summed E-state index contributed by atoms with van der Waals surface area (Å²) in [5.41, 5.74) is 6.75. The second kappa shape index (κ2) is 6.35. The molecular weight excluding hydrogens is 270 g/mol. The lowest BCUT2D eigenvalue weighted by Gasteiger charge is -2.28. The van der Waals surface area contributed by atoms with Gasteiger partial charge in [0.2, 0.25) is 0 Å². The Bertz CT molecular complexity index is 676. The number of pyridine rings is 1. The van der Waals surface area contributed by atoms with Crippen LogP contribution in [0.3, 0.4) is 0 Å². The van der Waals surface area contributed by atoms with E-state index in [1.807, 2.05) is 0 Å². The summed E-state index contributed by atoms with van der Waals surface area (Å²) in [4.78, 5) is 7.36. The van der Waals surface area contributed by atoms with Gasteiger partial charge in [0.05, 0.1) is 5.52 Å². The van der Waals surface area contributed by atoms with E-state index in [4.69, 9.17) is 4.98 Å². The highest BCUT2D eigenvalue weighted by atomic mass is 15.1. The quantitative estimate of drug-likeness (QED) is 0.938. The molecule has 3 rings (SSSR count). The molecule has 0 unspecified atom stereocenters. The lowest BCUT2D eigenvalue weighted by molar-refractivity contribution is 0.308. The number of hydrogen-bond donors (Lipinski definition) is 1. The Hall–Kier alpha value is -1.45. The fourth-order valence-corrected chi connectivity index (χ4v) is 3.24. The first-order valence-electron chi connectivity index (χ1n) is 8.43. The smallest absolute Gasteiger partial charge is 0.0709 e. The van der Waals surface area contributed by atoms with Crippen LogP contribution >= 0.6 is 0 Å². The summed E-state index contributed by atoms with van der Waals surface area (Å²) < 4.78 is 0. The van der Waals surface area contributed by atoms with Crippen molar-refractivity contribution < 1.29 is 0 Å². The summed E-state index contributed by atoms with van der Waals surface area (Å²) in [5.74, 6) is 0. The van der Waals surface area contributed by atoms with Gasteiger partial charge in [-0.3, -0.25) is 4.98 Å². The SMILES string of the molecule is CCc1ccc2nc3c(c(CNC(C)C)c2c1)CN(C)CC3. The second-order valence-electron chi connectivity index (χ2n) is 6.74. The highest BCUT2D eigenvalue weighted by Crippen LogP contribution is 2.28. The molecule has 1 aliphatic heterocycles. The molecule has 0 aliphatic carbocycles. The van der Waals surface area contributed by atoms with Gasteiger partial charge in [-0.15, -0.1) is 0 Å². The molecule has 3 heteroatoms. The van der Waals surface area contributed by atoms with Crippen LogP contribution < -0.4 is 5.32 Å². The van der Waals surface area contributed by atoms with E-state index in [0.717, 1.165) is 38.0 Å². The highest BCUT2D eigenvalue weighted by molar-refractivity contribution is 5.84. The number of hydrogen-bond acceptors (Lipinski definition) is 3. The lowest BCUT2D eigenvalue weighted by Crippen LogP contribution is -2.30. The average molecular weight is 297 g/mol. The van der Waals surface area contributed by atoms with Crippen LogP contribution in [0, 0.1) is 0 Å². The van der Waals surface area contributed by atoms with Crippen molar-refractivity contribution in [3.8, 4) is 0 Å². The standard InChI is InChI=1S/C19H27N3/c1-5-14-6-7-18-15(10-14)16(11-20-13(2)3)17-12-22(4)9-8-19(17)21-18/h6-7,10,13,20H,5,8-9,11-12H2,1-4H3. The number of aryl methyl sites for hydroxylation is 1. The molecule has 2 heterocycles. The van der Waals surface area contributed by atoms with Crippen molar-refractivity contribution in [2.45, 2.75) is 52.7 Å². The first-order valence-corrected chi connectivity index (χ1v) is 8.43. The Labute approximate surface area is 133 Å². The fraction of sp³-hybridized carbons (Fsp3) is 0.526. The van der Waals surface area contributed by atoms with Crippen molar-refractivity contribution in [1.29, 1.82) is 0 Å². The molecule has 0 fully saturated rings. The molecule has 0 atom stereocenters. The summed E-state index contributed by atoms with van der Waals surface area (Å²) in [6.45, 7) is 9.69. The normalized spacial score (nSPS) is 15.5. The number of nitrogens with zero attached hydrogens (tertiary/aromatic N) is 2. The van der Waals surface area contributed by atoms with Gasteiger partial charge < -0.3 is 10.2 Å². The summed E-state index contributed by atoms with van der Waals surface area (Å²) in [5, 5.41) is 4.94. The van der Waals surface area contributed by atoms with Gasteiger partial charge in [0, 0.05) is 43.2 Å². The van der Waals surface area contributed by atoms with Crippen LogP contribution in [0.2, 0.25) is 0 Å². The number of likely N-dealkylation sites (N-methyl/N-ethyl adjacent to an activating group) is 1. The minimum absolute atomic E-state index is 0.495. The predicted octanol–water partition coefficient (Wildman–Crippen LogP) is 3.28. The summed E-state index contributed by atoms with van der Waals surface area (Å²) >= 11 is 0. The third-order valence-corrected chi connectivity index (χ3v) is 4.61. The number of aromatic nitrogens is 1. The Morgan fingerprint density at radius 1 is 1.32 bits per heavy atom. The lowest BCUT2D eigenvalue weighted by atomic mass is 9.94. The van der Waals surface area contributed by atoms with Crippen molar-refractivity contribution in [2.75, 3.05) is 13.6 Å². The third kappa shape index (κ3) is 3.01. The van der Waals surface area contributed by atoms with E-state index in [1.54, 1.807) is 0 Å². The Morgan fingerprint density at radius 3 is 2.86 bits per heavy atom. The van der Waals surface area contributed by atoms with Crippen LogP contribution in [0.5, 0.6) is 0 Å². The Balaban J connectivity index is 2.16. The van der Waals surface area contributed by atoms with E-state index in [0.29, 0.717) is 6.04 Å². The summed E-state index contributed by atoms with van der Waals surface area (Å²) in [7, 11) is 2.20. The van der Waals surface area contributed by atoms with Gasteiger partial charge >= 0.3 is 0 Å². The van der Waals surface area contributed by atoms with Gasteiger partial charge in [-0.1, -0.05) is 26.8 Å². The molecule has 0 amide bonds. The zero-order valence-corrected chi connectivity index (χ0v) is 14.2. The third-order valence-electron chi connectivity index (χ3n) is 4.61. The van der Waals surface area contributed by atoms with E-state index < -0.39 is 0 Å². The molecule has 0 saturated carbocycles. The molecule has 0 spiro atoms. The summed E-state index contributed by atoms with van der Waals surface area (Å²) in [6.07, 6.45) is 2.13. The van der Waals surface area contributed by atoms with Crippen molar-refractivity contribution in [2.24, 2.45) is 0 Å². The molecule has 118 valence electrons. The average Bonchev–Trinajstić information content (AvgIpc) is 2.51. The molecule has 22 heavy (non-hydrogen) atoms. The number of rotatable bonds is 4. The van der Waals surface area contributed by atoms with Gasteiger partial charge in [-0.2, -0.15) is 0 Å². The van der Waals surface area contributed by atoms with Crippen molar-refractivity contribution >= 4 is 10.9 Å². The molecule has 2 aromatic rings. The van der Waals surface area contributed by atoms with Crippen LogP contribution in [0.4, 0.5) is 0 Å². The van der Waals surface area contributed by atoms with Gasteiger partial charge in [0.1, 0.15) is 0 Å². The van der Waals surface area contributed by atoms with Crippen LogP contribution in [0.25, 0.3) is 10.9 Å². The minimum Gasteiger partial charge on any atom is -0.310 e. The maximum atomic E-state index is 4.96. The topological polar surface area (TPSA) is 28.2 Å². The Morgan fingerprint density at radius 2 is 2.14 bits per heavy atom. The second-order valence-corrected chi connectivity index (χ2v) is 6.74. The van der Waals surface area contributed by atoms with E-state index in [1.165, 1.54) is 27.8 Å². The van der Waals surface area contributed by atoms with Gasteiger partial charge in [0.25, 0.3) is 0 Å². The fourth-order valence-electron chi connectivity index (χ4n) is 3.24. The molecular formula is C19H27N3. The Kier molecular flexibility index (Phi) is 4.46. The first kappa shape index (κ1) is 15.4. The monoisotopic (exact) mass is 297 g/mol. The largest absolute Gasteiger partial charge is 0.310 e. The van der Waals surface area contributed by atoms with E-state index in [2.05, 4.69) is 56.2 Å². The highest BCUT2D eigenvalue weighted by Gasteiger charge is 2.20. The van der Waals surface area contributed by atoms with Gasteiger partial charge in [-0.25, -0.2) is 0 Å². The number of fused-ring (bicyclic) bond motifs is 2. The maximum Gasteiger partial charge on any atom is 0.0709 e. The van der Waals surface area contributed by atoms with Crippen LogP contribution in [0.1, 0.15) is 43.2 Å². The minimum atomic E-state index is 0.495. The van der Waals surface area contributed by atoms with Gasteiger partial charge in [0.15, 0.2) is 0 Å². The molecule has 1 aromatic heterocycles. The van der Waals surface area contributed by atoms with Crippen molar-refractivity contribution in [3.05, 3.63) is 40.6 Å². The number of benzene rings is 1. The van der Waals surface area contributed by atoms with Crippen LogP contribution in [-0.4, -0.2) is 29.5 Å². The van der Waals surface area contributed by atoms with E-state index in [-0.39, 0.29) is 0 Å². The van der Waals surface area contributed by atoms with Crippen LogP contribution in [0.15, 0.2) is 18.2 Å². The number of nitrogens with one attached hydrogen (secondary N) is 1. The molecule has 0 radical (unpaired) electrons. The van der Waals surface area contributed by atoms with E-state index in [9.17, 15) is 0 Å².